The summed E-state index contributed by atoms with van der Waals surface area (Å²) in [4.78, 5) is 4.43. The first-order valence-corrected chi connectivity index (χ1v) is 5.97. The monoisotopic (exact) mass is 260 g/mol. The molecule has 0 saturated heterocycles. The van der Waals surface area contributed by atoms with Crippen LogP contribution < -0.4 is 0 Å². The quantitative estimate of drug-likeness (QED) is 0.686. The van der Waals surface area contributed by atoms with Gasteiger partial charge < -0.3 is 4.40 Å². The van der Waals surface area contributed by atoms with Crippen LogP contribution in [0.1, 0.15) is 11.3 Å². The molecule has 3 aromatic rings. The zero-order valence-corrected chi connectivity index (χ0v) is 10.2. The molecule has 90 valence electrons. The molecular weight excluding hydrogens is 251 g/mol. The molecule has 2 aromatic heterocycles. The van der Waals surface area contributed by atoms with E-state index in [0.717, 1.165) is 11.3 Å². The highest BCUT2D eigenvalue weighted by molar-refractivity contribution is 6.30. The molecule has 18 heavy (non-hydrogen) atoms. The van der Waals surface area contributed by atoms with Crippen molar-refractivity contribution in [1.82, 2.24) is 9.38 Å². The molecule has 3 rings (SSSR count). The van der Waals surface area contributed by atoms with Crippen LogP contribution in [0.4, 0.5) is 4.39 Å². The Kier molecular flexibility index (Phi) is 2.76. The lowest BCUT2D eigenvalue weighted by molar-refractivity contribution is 0.613. The molecule has 0 fully saturated rings. The van der Waals surface area contributed by atoms with Crippen molar-refractivity contribution in [2.24, 2.45) is 0 Å². The second-order valence-corrected chi connectivity index (χ2v) is 4.55. The Morgan fingerprint density at radius 1 is 1.11 bits per heavy atom. The van der Waals surface area contributed by atoms with Crippen LogP contribution in [-0.4, -0.2) is 9.38 Å². The highest BCUT2D eigenvalue weighted by Gasteiger charge is 2.06. The van der Waals surface area contributed by atoms with Crippen LogP contribution in [0.25, 0.3) is 5.65 Å². The molecule has 0 atom stereocenters. The van der Waals surface area contributed by atoms with E-state index in [0.29, 0.717) is 17.0 Å². The van der Waals surface area contributed by atoms with Gasteiger partial charge in [0.15, 0.2) is 0 Å². The molecule has 1 aromatic carbocycles. The Morgan fingerprint density at radius 2 is 1.94 bits per heavy atom. The fourth-order valence-corrected chi connectivity index (χ4v) is 2.11. The van der Waals surface area contributed by atoms with Gasteiger partial charge in [0.05, 0.1) is 10.7 Å². The van der Waals surface area contributed by atoms with Gasteiger partial charge in [0.25, 0.3) is 0 Å². The molecule has 0 amide bonds. The minimum atomic E-state index is -0.201. The van der Waals surface area contributed by atoms with Gasteiger partial charge in [-0.3, -0.25) is 0 Å². The van der Waals surface area contributed by atoms with Gasteiger partial charge in [-0.2, -0.15) is 0 Å². The van der Waals surface area contributed by atoms with Gasteiger partial charge in [-0.1, -0.05) is 29.8 Å². The Labute approximate surface area is 109 Å². The number of halogens is 2. The zero-order valence-electron chi connectivity index (χ0n) is 9.48. The number of benzene rings is 1. The lowest BCUT2D eigenvalue weighted by atomic mass is 10.1. The van der Waals surface area contributed by atoms with Crippen molar-refractivity contribution in [1.29, 1.82) is 0 Å². The lowest BCUT2D eigenvalue weighted by Crippen LogP contribution is -1.91. The number of fused-ring (bicyclic) bond motifs is 1. The van der Waals surface area contributed by atoms with Gasteiger partial charge >= 0.3 is 0 Å². The van der Waals surface area contributed by atoms with Crippen LogP contribution in [0, 0.1) is 5.82 Å². The predicted octanol–water partition coefficient (Wildman–Crippen LogP) is 3.72. The van der Waals surface area contributed by atoms with E-state index < -0.39 is 0 Å². The minimum absolute atomic E-state index is 0.201. The molecular formula is C14H10ClFN2. The molecule has 0 N–H and O–H groups in total. The third-order valence-corrected chi connectivity index (χ3v) is 3.02. The smallest absolute Gasteiger partial charge is 0.137 e. The van der Waals surface area contributed by atoms with Crippen molar-refractivity contribution in [2.75, 3.05) is 0 Å². The van der Waals surface area contributed by atoms with Gasteiger partial charge in [0, 0.05) is 18.8 Å². The lowest BCUT2D eigenvalue weighted by Gasteiger charge is -1.98. The van der Waals surface area contributed by atoms with Crippen LogP contribution in [-0.2, 0) is 6.42 Å². The van der Waals surface area contributed by atoms with Gasteiger partial charge in [-0.05, 0) is 23.8 Å². The van der Waals surface area contributed by atoms with Crippen LogP contribution in [0.15, 0.2) is 48.8 Å². The van der Waals surface area contributed by atoms with Crippen molar-refractivity contribution < 1.29 is 4.39 Å². The third kappa shape index (κ3) is 2.09. The Bertz CT molecular complexity index is 706. The van der Waals surface area contributed by atoms with Crippen molar-refractivity contribution in [3.63, 3.8) is 0 Å². The number of pyridine rings is 1. The van der Waals surface area contributed by atoms with Gasteiger partial charge in [-0.25, -0.2) is 9.37 Å². The normalized spacial score (nSPS) is 11.0. The maximum Gasteiger partial charge on any atom is 0.137 e. The van der Waals surface area contributed by atoms with E-state index in [1.54, 1.807) is 24.4 Å². The summed E-state index contributed by atoms with van der Waals surface area (Å²) in [7, 11) is 0. The fourth-order valence-electron chi connectivity index (χ4n) is 1.94. The number of imidazole rings is 1. The summed E-state index contributed by atoms with van der Waals surface area (Å²) in [6.07, 6.45) is 4.13. The average Bonchev–Trinajstić information content (AvgIpc) is 2.73. The van der Waals surface area contributed by atoms with E-state index in [4.69, 9.17) is 11.6 Å². The van der Waals surface area contributed by atoms with E-state index in [1.807, 2.05) is 22.7 Å². The Balaban J connectivity index is 1.98. The summed E-state index contributed by atoms with van der Waals surface area (Å²) in [6.45, 7) is 0. The van der Waals surface area contributed by atoms with Crippen LogP contribution in [0.5, 0.6) is 0 Å². The Morgan fingerprint density at radius 3 is 2.78 bits per heavy atom. The van der Waals surface area contributed by atoms with Crippen LogP contribution in [0.2, 0.25) is 5.02 Å². The fraction of sp³-hybridized carbons (Fsp3) is 0.0714. The first-order valence-electron chi connectivity index (χ1n) is 5.59. The summed E-state index contributed by atoms with van der Waals surface area (Å²) < 4.78 is 15.4. The summed E-state index contributed by atoms with van der Waals surface area (Å²) >= 11 is 5.90. The van der Waals surface area contributed by atoms with Crippen LogP contribution >= 0.6 is 11.6 Å². The minimum Gasteiger partial charge on any atom is -0.305 e. The summed E-state index contributed by atoms with van der Waals surface area (Å²) in [5, 5.41) is 0.650. The van der Waals surface area contributed by atoms with E-state index in [9.17, 15) is 4.39 Å². The highest BCUT2D eigenvalue weighted by atomic mass is 35.5. The maximum absolute atomic E-state index is 13.5. The highest BCUT2D eigenvalue weighted by Crippen LogP contribution is 2.15. The number of nitrogens with zero attached hydrogens (tertiary/aromatic N) is 2. The number of aromatic nitrogens is 2. The Hall–Kier alpha value is -1.87. The van der Waals surface area contributed by atoms with Crippen molar-refractivity contribution in [2.45, 2.75) is 6.42 Å². The molecule has 0 saturated carbocycles. The second kappa shape index (κ2) is 4.42. The van der Waals surface area contributed by atoms with E-state index in [1.165, 1.54) is 6.07 Å². The first-order chi connectivity index (χ1) is 8.72. The average molecular weight is 261 g/mol. The number of hydrogen-bond acceptors (Lipinski definition) is 1. The first kappa shape index (κ1) is 11.2. The third-order valence-electron chi connectivity index (χ3n) is 2.79. The zero-order chi connectivity index (χ0) is 12.5. The summed E-state index contributed by atoms with van der Waals surface area (Å²) in [5.41, 5.74) is 2.28. The second-order valence-electron chi connectivity index (χ2n) is 4.11. The molecule has 0 spiro atoms. The van der Waals surface area contributed by atoms with Gasteiger partial charge in [0.2, 0.25) is 0 Å². The largest absolute Gasteiger partial charge is 0.305 e. The molecule has 0 aliphatic rings. The molecule has 0 radical (unpaired) electrons. The molecule has 0 bridgehead atoms. The molecule has 0 aliphatic carbocycles. The van der Waals surface area contributed by atoms with E-state index in [2.05, 4.69) is 4.98 Å². The van der Waals surface area contributed by atoms with Crippen molar-refractivity contribution in [3.8, 4) is 0 Å². The molecule has 0 aliphatic heterocycles. The standard InChI is InChI=1S/C14H10ClFN2/c15-11-5-6-14-17-12(9-18(14)8-11)7-10-3-1-2-4-13(10)16/h1-6,8-9H,7H2. The van der Waals surface area contributed by atoms with E-state index in [-0.39, 0.29) is 5.82 Å². The number of rotatable bonds is 2. The van der Waals surface area contributed by atoms with Crippen molar-refractivity contribution >= 4 is 17.2 Å². The van der Waals surface area contributed by atoms with Crippen molar-refractivity contribution in [3.05, 3.63) is 70.9 Å². The molecule has 2 heterocycles. The summed E-state index contributed by atoms with van der Waals surface area (Å²) in [6, 6.07) is 10.4. The SMILES string of the molecule is Fc1ccccc1Cc1cn2cc(Cl)ccc2n1. The number of hydrogen-bond donors (Lipinski definition) is 0. The van der Waals surface area contributed by atoms with Gasteiger partial charge in [-0.15, -0.1) is 0 Å². The van der Waals surface area contributed by atoms with Crippen LogP contribution in [0.3, 0.4) is 0 Å². The van der Waals surface area contributed by atoms with Gasteiger partial charge in [0.1, 0.15) is 11.5 Å². The predicted molar refractivity (Wildman–Crippen MR) is 69.4 cm³/mol. The summed E-state index contributed by atoms with van der Waals surface area (Å²) in [5.74, 6) is -0.201. The molecule has 2 nitrogen and oxygen atoms in total. The maximum atomic E-state index is 13.5. The van der Waals surface area contributed by atoms with E-state index >= 15 is 0 Å². The topological polar surface area (TPSA) is 17.3 Å². The molecule has 0 unspecified atom stereocenters. The molecule has 4 heteroatoms.